The minimum absolute atomic E-state index is 0.760. The summed E-state index contributed by atoms with van der Waals surface area (Å²) in [5, 5.41) is 6.83. The Hall–Kier alpha value is -1.39. The second-order valence-corrected chi connectivity index (χ2v) is 2.55. The van der Waals surface area contributed by atoms with Crippen molar-refractivity contribution < 1.29 is 19.1 Å². The maximum Gasteiger partial charge on any atom is 0.367 e. The molecule has 60 valence electrons. The van der Waals surface area contributed by atoms with E-state index in [0.717, 1.165) is 0 Å². The van der Waals surface area contributed by atoms with Gasteiger partial charge < -0.3 is 9.47 Å². The molecule has 1 fully saturated rings. The van der Waals surface area contributed by atoms with Gasteiger partial charge in [0.25, 0.3) is 5.79 Å². The van der Waals surface area contributed by atoms with E-state index in [2.05, 4.69) is 9.47 Å². The fourth-order valence-corrected chi connectivity index (χ4v) is 0.653. The van der Waals surface area contributed by atoms with E-state index in [9.17, 15) is 9.59 Å². The third-order valence-corrected chi connectivity index (χ3v) is 1.09. The van der Waals surface area contributed by atoms with Crippen molar-refractivity contribution in [3.05, 3.63) is 0 Å². The van der Waals surface area contributed by atoms with Crippen molar-refractivity contribution in [2.24, 2.45) is 0 Å². The summed E-state index contributed by atoms with van der Waals surface area (Å²) in [7, 11) is 0. The van der Waals surface area contributed by atoms with E-state index in [-0.39, 0.29) is 0 Å². The quantitative estimate of drug-likeness (QED) is 0.496. The molecule has 0 unspecified atom stereocenters. The Morgan fingerprint density at radius 2 is 1.55 bits per heavy atom. The van der Waals surface area contributed by atoms with Gasteiger partial charge in [-0.25, -0.2) is 9.59 Å². The molecule has 0 atom stereocenters. The lowest BCUT2D eigenvalue weighted by Crippen LogP contribution is -2.46. The van der Waals surface area contributed by atoms with Gasteiger partial charge in [-0.3, -0.25) is 5.41 Å². The first-order valence-corrected chi connectivity index (χ1v) is 2.97. The van der Waals surface area contributed by atoms with Crippen LogP contribution in [-0.4, -0.2) is 23.4 Å². The minimum Gasteiger partial charge on any atom is -0.418 e. The van der Waals surface area contributed by atoms with E-state index in [1.807, 2.05) is 0 Å². The van der Waals surface area contributed by atoms with Crippen molar-refractivity contribution in [3.8, 4) is 0 Å². The molecule has 0 saturated carbocycles. The average Bonchev–Trinajstić information content (AvgIpc) is 1.81. The Balaban J connectivity index is 2.87. The van der Waals surface area contributed by atoms with Crippen LogP contribution in [0.5, 0.6) is 0 Å². The number of cyclic esters (lactones) is 2. The van der Waals surface area contributed by atoms with Gasteiger partial charge in [0.05, 0.1) is 0 Å². The highest BCUT2D eigenvalue weighted by atomic mass is 16.7. The van der Waals surface area contributed by atoms with Crippen LogP contribution in [0, 0.1) is 5.41 Å². The van der Waals surface area contributed by atoms with Crippen molar-refractivity contribution in [2.75, 3.05) is 0 Å². The van der Waals surface area contributed by atoms with Gasteiger partial charge in [-0.15, -0.1) is 0 Å². The fraction of sp³-hybridized carbons (Fsp3) is 0.500. The van der Waals surface area contributed by atoms with Crippen LogP contribution in [0.25, 0.3) is 0 Å². The molecule has 1 rings (SSSR count). The molecule has 5 heteroatoms. The molecule has 0 aromatic heterocycles. The van der Waals surface area contributed by atoms with Crippen LogP contribution in [0.1, 0.15) is 13.8 Å². The third kappa shape index (κ3) is 1.36. The van der Waals surface area contributed by atoms with Gasteiger partial charge in [-0.1, -0.05) is 0 Å². The molecule has 1 saturated heterocycles. The zero-order valence-corrected chi connectivity index (χ0v) is 6.13. The van der Waals surface area contributed by atoms with Gasteiger partial charge in [-0.2, -0.15) is 0 Å². The number of esters is 2. The second-order valence-electron chi connectivity index (χ2n) is 2.55. The zero-order valence-electron chi connectivity index (χ0n) is 6.13. The van der Waals surface area contributed by atoms with E-state index >= 15 is 0 Å². The number of carbonyl (C=O) groups is 2. The number of ether oxygens (including phenoxy) is 2. The maximum absolute atomic E-state index is 10.7. The highest BCUT2D eigenvalue weighted by Gasteiger charge is 2.39. The molecule has 1 aliphatic rings. The Kier molecular flexibility index (Phi) is 1.44. The Morgan fingerprint density at radius 1 is 1.18 bits per heavy atom. The van der Waals surface area contributed by atoms with E-state index in [0.29, 0.717) is 0 Å². The van der Waals surface area contributed by atoms with Gasteiger partial charge >= 0.3 is 11.9 Å². The molecule has 0 aromatic rings. The first-order valence-electron chi connectivity index (χ1n) is 2.97. The molecule has 5 nitrogen and oxygen atoms in total. The summed E-state index contributed by atoms with van der Waals surface area (Å²) in [6, 6.07) is 0. The number of hydrogen-bond donors (Lipinski definition) is 1. The van der Waals surface area contributed by atoms with Crippen molar-refractivity contribution in [1.29, 1.82) is 5.41 Å². The molecule has 0 amide bonds. The summed E-state index contributed by atoms with van der Waals surface area (Å²) in [4.78, 5) is 21.3. The van der Waals surface area contributed by atoms with Crippen molar-refractivity contribution >= 4 is 17.7 Å². The van der Waals surface area contributed by atoms with E-state index < -0.39 is 23.4 Å². The molecule has 0 spiro atoms. The molecule has 11 heavy (non-hydrogen) atoms. The molecular weight excluding hydrogens is 150 g/mol. The van der Waals surface area contributed by atoms with Crippen LogP contribution >= 0.6 is 0 Å². The van der Waals surface area contributed by atoms with Gasteiger partial charge in [0, 0.05) is 13.8 Å². The third-order valence-electron chi connectivity index (χ3n) is 1.09. The molecule has 1 N–H and O–H groups in total. The predicted octanol–water partition coefficient (Wildman–Crippen LogP) is -0.158. The molecule has 0 bridgehead atoms. The molecule has 0 aliphatic carbocycles. The summed E-state index contributed by atoms with van der Waals surface area (Å²) in [5.41, 5.74) is -0.760. The summed E-state index contributed by atoms with van der Waals surface area (Å²) < 4.78 is 9.10. The highest BCUT2D eigenvalue weighted by Crippen LogP contribution is 2.16. The van der Waals surface area contributed by atoms with Crippen LogP contribution in [0.4, 0.5) is 0 Å². The lowest BCUT2D eigenvalue weighted by Gasteiger charge is -2.28. The fourth-order valence-electron chi connectivity index (χ4n) is 0.653. The van der Waals surface area contributed by atoms with E-state index in [1.165, 1.54) is 13.8 Å². The molecule has 1 aliphatic heterocycles. The highest BCUT2D eigenvalue weighted by molar-refractivity contribution is 6.62. The zero-order chi connectivity index (χ0) is 8.65. The first-order chi connectivity index (χ1) is 4.92. The van der Waals surface area contributed by atoms with E-state index in [1.54, 1.807) is 0 Å². The monoisotopic (exact) mass is 157 g/mol. The van der Waals surface area contributed by atoms with Gasteiger partial charge in [-0.05, 0) is 0 Å². The van der Waals surface area contributed by atoms with Crippen LogP contribution < -0.4 is 0 Å². The number of nitrogens with one attached hydrogen (secondary N) is 1. The largest absolute Gasteiger partial charge is 0.418 e. The molecule has 0 aromatic carbocycles. The second kappa shape index (κ2) is 2.05. The van der Waals surface area contributed by atoms with Crippen molar-refractivity contribution in [3.63, 3.8) is 0 Å². The number of rotatable bonds is 0. The molecule has 1 heterocycles. The summed E-state index contributed by atoms with van der Waals surface area (Å²) in [6.07, 6.45) is 0. The normalized spacial score (nSPS) is 22.5. The Morgan fingerprint density at radius 3 is 1.91 bits per heavy atom. The minimum atomic E-state index is -1.24. The van der Waals surface area contributed by atoms with Crippen LogP contribution in [-0.2, 0) is 19.1 Å². The first kappa shape index (κ1) is 7.71. The van der Waals surface area contributed by atoms with Gasteiger partial charge in [0.15, 0.2) is 0 Å². The summed E-state index contributed by atoms with van der Waals surface area (Å²) >= 11 is 0. The topological polar surface area (TPSA) is 76.5 Å². The summed E-state index contributed by atoms with van der Waals surface area (Å²) in [5.74, 6) is -3.11. The van der Waals surface area contributed by atoms with Crippen LogP contribution in [0.15, 0.2) is 0 Å². The van der Waals surface area contributed by atoms with Crippen LogP contribution in [0.2, 0.25) is 0 Å². The van der Waals surface area contributed by atoms with Crippen molar-refractivity contribution in [2.45, 2.75) is 19.6 Å². The Labute approximate surface area is 62.8 Å². The standard InChI is InChI=1S/C6H7NO4/c1-6(2)10-4(8)3(7)5(9)11-6/h7H,1-2H3. The van der Waals surface area contributed by atoms with Gasteiger partial charge in [0.1, 0.15) is 0 Å². The smallest absolute Gasteiger partial charge is 0.367 e. The van der Waals surface area contributed by atoms with Crippen LogP contribution in [0.3, 0.4) is 0 Å². The summed E-state index contributed by atoms with van der Waals surface area (Å²) in [6.45, 7) is 2.85. The average molecular weight is 157 g/mol. The lowest BCUT2D eigenvalue weighted by atomic mass is 10.3. The van der Waals surface area contributed by atoms with Gasteiger partial charge in [0.2, 0.25) is 5.71 Å². The SMILES string of the molecule is CC1(C)OC(=O)C(=N)C(=O)O1. The molecule has 0 radical (unpaired) electrons. The number of carbonyl (C=O) groups excluding carboxylic acids is 2. The number of hydrogen-bond acceptors (Lipinski definition) is 5. The predicted molar refractivity (Wildman–Crippen MR) is 34.0 cm³/mol. The Bertz CT molecular complexity index is 221. The maximum atomic E-state index is 10.7. The molecular formula is C6H7NO4. The van der Waals surface area contributed by atoms with E-state index in [4.69, 9.17) is 5.41 Å². The lowest BCUT2D eigenvalue weighted by molar-refractivity contribution is -0.214. The van der Waals surface area contributed by atoms with Crippen molar-refractivity contribution in [1.82, 2.24) is 0 Å².